The van der Waals surface area contributed by atoms with E-state index in [9.17, 15) is 24.0 Å². The van der Waals surface area contributed by atoms with E-state index >= 15 is 9.13 Å². The van der Waals surface area contributed by atoms with Gasteiger partial charge in [-0.25, -0.2) is 30.3 Å². The van der Waals surface area contributed by atoms with Crippen molar-refractivity contribution in [3.8, 4) is 0 Å². The number of carbonyl (C=O) groups is 4. The number of nitrogens with zero attached hydrogens (tertiary/aromatic N) is 4. The van der Waals surface area contributed by atoms with E-state index in [1.807, 2.05) is 126 Å². The van der Waals surface area contributed by atoms with Crippen LogP contribution in [0, 0.1) is 0 Å². The van der Waals surface area contributed by atoms with Crippen molar-refractivity contribution in [2.24, 2.45) is 0 Å². The fraction of sp³-hybridized carbons (Fsp3) is 0.421. The predicted molar refractivity (Wildman–Crippen MR) is 304 cm³/mol. The summed E-state index contributed by atoms with van der Waals surface area (Å²) in [5.74, 6) is -2.45. The van der Waals surface area contributed by atoms with E-state index in [4.69, 9.17) is 18.9 Å². The summed E-state index contributed by atoms with van der Waals surface area (Å²) in [7, 11) is -7.90. The van der Waals surface area contributed by atoms with E-state index in [1.54, 1.807) is 32.3 Å². The smallest absolute Gasteiger partial charge is 0.323 e. The number of unbranched alkanes of at least 4 members (excludes halogenated alkanes) is 1. The maximum Gasteiger partial charge on any atom is 0.323 e. The molecule has 0 saturated heterocycles. The van der Waals surface area contributed by atoms with E-state index in [0.29, 0.717) is 38.1 Å². The Bertz CT molecular complexity index is 2850. The summed E-state index contributed by atoms with van der Waals surface area (Å²) in [4.78, 5) is 80.9. The molecule has 0 bridgehead atoms. The summed E-state index contributed by atoms with van der Waals surface area (Å²) in [6, 6.07) is 32.8. The van der Waals surface area contributed by atoms with Gasteiger partial charge in [-0.2, -0.15) is 0 Å². The molecule has 79 heavy (non-hydrogen) atoms. The van der Waals surface area contributed by atoms with E-state index in [2.05, 4.69) is 35.3 Å². The molecule has 20 nitrogen and oxygen atoms in total. The third kappa shape index (κ3) is 19.9. The quantitative estimate of drug-likeness (QED) is 0.0121. The number of esters is 4. The molecule has 0 amide bonds. The van der Waals surface area contributed by atoms with Gasteiger partial charge in [-0.1, -0.05) is 121 Å². The molecule has 4 atom stereocenters. The van der Waals surface area contributed by atoms with Crippen LogP contribution in [0.4, 0.5) is 0 Å². The number of benzene rings is 4. The van der Waals surface area contributed by atoms with Gasteiger partial charge >= 0.3 is 23.9 Å². The van der Waals surface area contributed by atoms with Crippen molar-refractivity contribution in [1.82, 2.24) is 44.8 Å². The molecule has 2 aromatic heterocycles. The molecule has 6 aromatic rings. The van der Waals surface area contributed by atoms with Crippen molar-refractivity contribution in [2.45, 2.75) is 96.9 Å². The van der Waals surface area contributed by atoms with Crippen molar-refractivity contribution < 1.29 is 47.3 Å². The molecule has 0 saturated carbocycles. The van der Waals surface area contributed by atoms with Gasteiger partial charge in [-0.15, -0.1) is 0 Å². The Morgan fingerprint density at radius 2 is 0.886 bits per heavy atom. The second-order valence-electron chi connectivity index (χ2n) is 18.8. The zero-order valence-electron chi connectivity index (χ0n) is 45.5. The van der Waals surface area contributed by atoms with Gasteiger partial charge in [0.2, 0.25) is 14.9 Å². The first-order chi connectivity index (χ1) is 38.2. The molecule has 0 radical (unpaired) electrons. The zero-order chi connectivity index (χ0) is 56.5. The van der Waals surface area contributed by atoms with Gasteiger partial charge in [-0.3, -0.25) is 33.1 Å². The number of fused-ring (bicyclic) bond motifs is 1. The summed E-state index contributed by atoms with van der Waals surface area (Å²) in [5.41, 5.74) is 3.31. The van der Waals surface area contributed by atoms with Crippen molar-refractivity contribution in [1.29, 1.82) is 0 Å². The highest BCUT2D eigenvalue weighted by Crippen LogP contribution is 2.41. The largest absolute Gasteiger partial charge is 0.465 e. The van der Waals surface area contributed by atoms with Gasteiger partial charge in [0.05, 0.1) is 39.1 Å². The van der Waals surface area contributed by atoms with Crippen LogP contribution in [0.5, 0.6) is 0 Å². The Kier molecular flexibility index (Phi) is 24.8. The molecular weight excluding hydrogens is 1050 g/mol. The molecule has 2 heterocycles. The summed E-state index contributed by atoms with van der Waals surface area (Å²) in [6.45, 7) is 8.18. The number of rotatable bonds is 35. The van der Waals surface area contributed by atoms with Gasteiger partial charge in [0.25, 0.3) is 5.56 Å². The molecular formula is C57H75N9O11P2. The number of hydrogen-bond donors (Lipinski definition) is 5. The molecule has 0 aliphatic heterocycles. The van der Waals surface area contributed by atoms with Crippen LogP contribution in [0.15, 0.2) is 139 Å². The molecule has 424 valence electrons. The van der Waals surface area contributed by atoms with Crippen molar-refractivity contribution >= 4 is 49.9 Å². The molecule has 6 rings (SSSR count). The Hall–Kier alpha value is -6.63. The number of aromatic nitrogens is 4. The number of aromatic amines is 1. The normalized spacial score (nSPS) is 13.3. The number of H-pyrrole nitrogens is 1. The Morgan fingerprint density at radius 3 is 1.25 bits per heavy atom. The number of hydrogen-bond acceptors (Lipinski definition) is 14. The van der Waals surface area contributed by atoms with Gasteiger partial charge < -0.3 is 33.4 Å². The van der Waals surface area contributed by atoms with Crippen LogP contribution in [-0.2, 0) is 79.5 Å². The molecule has 22 heteroatoms. The third-order valence-corrected chi connectivity index (χ3v) is 17.6. The van der Waals surface area contributed by atoms with Crippen molar-refractivity contribution in [3.63, 3.8) is 0 Å². The fourth-order valence-corrected chi connectivity index (χ4v) is 13.7. The zero-order valence-corrected chi connectivity index (χ0v) is 47.3. The lowest BCUT2D eigenvalue weighted by atomic mass is 10.1. The molecule has 0 aliphatic rings. The second kappa shape index (κ2) is 31.8. The topological polar surface area (TPSA) is 254 Å². The number of carbonyl (C=O) groups excluding carboxylic acids is 4. The van der Waals surface area contributed by atoms with E-state index in [0.717, 1.165) is 22.3 Å². The van der Waals surface area contributed by atoms with Gasteiger partial charge in [0.15, 0.2) is 11.2 Å². The predicted octanol–water partition coefficient (Wildman–Crippen LogP) is 6.64. The SMILES string of the molecule is CCOC(=O)[C@@H](Cc1ccccc1)NP(=O)(CCCCN(CCn1cnc2c(=O)[nH]cnc21)CCP(=O)(N[C@H](Cc1ccccc1)C(=O)OCC)N[C@H](Cc1ccccc1)C(=O)OCC)N[C@H](Cc1ccccc1)C(=O)OCC. The maximum absolute atomic E-state index is 15.9. The minimum atomic E-state index is -4.00. The molecule has 0 unspecified atom stereocenters. The molecule has 0 fully saturated rings. The second-order valence-corrected chi connectivity index (χ2v) is 23.7. The lowest BCUT2D eigenvalue weighted by Crippen LogP contribution is -2.47. The van der Waals surface area contributed by atoms with Crippen molar-refractivity contribution in [3.05, 3.63) is 167 Å². The van der Waals surface area contributed by atoms with Crippen molar-refractivity contribution in [2.75, 3.05) is 58.4 Å². The lowest BCUT2D eigenvalue weighted by Gasteiger charge is -2.31. The van der Waals surface area contributed by atoms with Crippen LogP contribution in [0.25, 0.3) is 11.2 Å². The number of ether oxygens (including phenoxy) is 4. The minimum absolute atomic E-state index is 0.0158. The number of imidazole rings is 1. The lowest BCUT2D eigenvalue weighted by molar-refractivity contribution is -0.146. The van der Waals surface area contributed by atoms with Gasteiger partial charge in [-0.05, 0) is 95.0 Å². The number of nitrogens with one attached hydrogen (secondary N) is 5. The van der Waals surface area contributed by atoms with E-state index in [-0.39, 0.29) is 76.5 Å². The standard InChI is InChI=1S/C57H75N9O11P2/c1-5-74-54(68)47(37-43-23-13-9-14-24-43)61-78(72,62-48(55(69)75-6-2)38-44-25-15-10-16-26-44)35-22-21-31-65(32-33-66-42-60-51-52(66)58-41-59-53(51)67)34-36-79(73,63-49(56(70)76-7-3)39-45-27-17-11-18-28-45)64-50(57(71)77-8-4)40-46-29-19-12-20-30-46/h9-20,23-30,41-42,47-50H,5-8,21-22,31-40H2,1-4H3,(H,58,59,67)(H2,61,62,72)(H2,63,64,73)/t47-,48-,49-,50-/m1/s1. The van der Waals surface area contributed by atoms with Gasteiger partial charge in [0.1, 0.15) is 24.2 Å². The monoisotopic (exact) mass is 1120 g/mol. The molecule has 4 aromatic carbocycles. The van der Waals surface area contributed by atoms with Crippen LogP contribution in [0.1, 0.15) is 62.8 Å². The molecule has 0 spiro atoms. The third-order valence-electron chi connectivity index (χ3n) is 12.9. The minimum Gasteiger partial charge on any atom is -0.465 e. The van der Waals surface area contributed by atoms with Crippen LogP contribution in [0.2, 0.25) is 0 Å². The highest BCUT2D eigenvalue weighted by Gasteiger charge is 2.37. The first-order valence-corrected chi connectivity index (χ1v) is 30.7. The summed E-state index contributed by atoms with van der Waals surface area (Å²) < 4.78 is 55.3. The Labute approximate surface area is 462 Å². The maximum atomic E-state index is 15.9. The Morgan fingerprint density at radius 1 is 0.519 bits per heavy atom. The van der Waals surface area contributed by atoms with Crippen LogP contribution in [-0.4, -0.2) is 131 Å². The highest BCUT2D eigenvalue weighted by atomic mass is 31.2. The highest BCUT2D eigenvalue weighted by molar-refractivity contribution is 7.60. The van der Waals surface area contributed by atoms with Crippen LogP contribution < -0.4 is 25.9 Å². The fourth-order valence-electron chi connectivity index (χ4n) is 9.03. The Balaban J connectivity index is 1.32. The summed E-state index contributed by atoms with van der Waals surface area (Å²) >= 11 is 0. The van der Waals surface area contributed by atoms with Crippen LogP contribution >= 0.6 is 14.9 Å². The first-order valence-electron chi connectivity index (χ1n) is 27.0. The first kappa shape index (κ1) is 61.6. The van der Waals surface area contributed by atoms with E-state index in [1.165, 1.54) is 12.7 Å². The summed E-state index contributed by atoms with van der Waals surface area (Å²) in [5, 5.41) is 12.7. The van der Waals surface area contributed by atoms with E-state index < -0.39 is 68.5 Å². The van der Waals surface area contributed by atoms with Crippen LogP contribution in [0.3, 0.4) is 0 Å². The molecule has 0 aliphatic carbocycles. The molecule has 5 N–H and O–H groups in total. The average Bonchev–Trinajstić information content (AvgIpc) is 3.92. The summed E-state index contributed by atoms with van der Waals surface area (Å²) in [6.07, 6.45) is 3.98. The average molecular weight is 1120 g/mol. The van der Waals surface area contributed by atoms with Gasteiger partial charge in [0, 0.05) is 32.0 Å².